The third kappa shape index (κ3) is 15.5. The lowest BCUT2D eigenvalue weighted by molar-refractivity contribution is -0.974. The van der Waals surface area contributed by atoms with Crippen LogP contribution in [0.4, 0.5) is 0 Å². The molecule has 0 aromatic heterocycles. The van der Waals surface area contributed by atoms with E-state index >= 15 is 0 Å². The van der Waals surface area contributed by atoms with Gasteiger partial charge in [-0.3, -0.25) is 4.48 Å². The molecule has 42 heavy (non-hydrogen) atoms. The third-order valence-electron chi connectivity index (χ3n) is 9.03. The van der Waals surface area contributed by atoms with Crippen molar-refractivity contribution in [3.63, 3.8) is 0 Å². The van der Waals surface area contributed by atoms with Gasteiger partial charge in [-0.15, -0.1) is 0 Å². The zero-order valence-corrected chi connectivity index (χ0v) is 27.6. The Balaban J connectivity index is 4.33. The molecule has 7 heteroatoms. The van der Waals surface area contributed by atoms with E-state index in [1.165, 1.54) is 96.3 Å². The summed E-state index contributed by atoms with van der Waals surface area (Å²) in [7, 11) is 0. The van der Waals surface area contributed by atoms with E-state index in [4.69, 9.17) is 0 Å². The summed E-state index contributed by atoms with van der Waals surface area (Å²) in [5, 5.41) is 32.2. The van der Waals surface area contributed by atoms with Gasteiger partial charge in [0.1, 0.15) is 6.04 Å². The minimum atomic E-state index is -1.36. The van der Waals surface area contributed by atoms with E-state index in [1.807, 2.05) is 0 Å². The maximum absolute atomic E-state index is 12.3. The van der Waals surface area contributed by atoms with E-state index < -0.39 is 40.5 Å². The zero-order chi connectivity index (χ0) is 31.6. The van der Waals surface area contributed by atoms with Gasteiger partial charge in [0.2, 0.25) is 0 Å². The predicted octanol–water partition coefficient (Wildman–Crippen LogP) is 8.05. The van der Waals surface area contributed by atoms with Crippen molar-refractivity contribution in [1.82, 2.24) is 0 Å². The molecule has 0 fully saturated rings. The smallest absolute Gasteiger partial charge is 0.362 e. The van der Waals surface area contributed by atoms with Crippen LogP contribution in [-0.4, -0.2) is 57.3 Å². The average Bonchev–Trinajstić information content (AvgIpc) is 2.94. The molecule has 246 valence electrons. The summed E-state index contributed by atoms with van der Waals surface area (Å²) in [5.41, 5.74) is 0. The molecule has 0 heterocycles. The molecule has 0 aromatic carbocycles. The molecule has 7 nitrogen and oxygen atoms in total. The fourth-order valence-electron chi connectivity index (χ4n) is 6.79. The standard InChI is InChI=1S/C35H65NO6/c1-5-9-10-11-12-13-14-15-16-17-18-19-20-21-22-23-24-25-26-27-28-29-36(30(6-2)33(37)38,31(7-3)34(39)40)32(8-4)35(41)42/h10-11,30-32H,5-9,12-29H2,1-4H3,(H2-,37,38,39,40,41,42)/b11-10+. The van der Waals surface area contributed by atoms with E-state index in [9.17, 15) is 29.7 Å². The Hall–Kier alpha value is -1.89. The summed E-state index contributed by atoms with van der Waals surface area (Å²) >= 11 is 0. The van der Waals surface area contributed by atoms with E-state index in [2.05, 4.69) is 19.1 Å². The quantitative estimate of drug-likeness (QED) is 0.0493. The maximum Gasteiger partial charge on any atom is 0.362 e. The van der Waals surface area contributed by atoms with Gasteiger partial charge in [0.05, 0.1) is 12.5 Å². The highest BCUT2D eigenvalue weighted by Gasteiger charge is 2.53. The molecular formula is C35H65NO6. The fraction of sp³-hybridized carbons (Fsp3) is 0.857. The number of nitrogens with zero attached hydrogens (tertiary/aromatic N) is 1. The van der Waals surface area contributed by atoms with E-state index in [0.29, 0.717) is 6.42 Å². The summed E-state index contributed by atoms with van der Waals surface area (Å²) in [6.07, 6.45) is 28.1. The lowest BCUT2D eigenvalue weighted by Crippen LogP contribution is -2.73. The summed E-state index contributed by atoms with van der Waals surface area (Å²) in [4.78, 5) is 36.7. The van der Waals surface area contributed by atoms with Crippen molar-refractivity contribution in [3.05, 3.63) is 12.2 Å². The first kappa shape index (κ1) is 40.1. The first-order valence-electron chi connectivity index (χ1n) is 17.4. The first-order chi connectivity index (χ1) is 20.2. The second-order valence-electron chi connectivity index (χ2n) is 12.2. The number of rotatable bonds is 30. The van der Waals surface area contributed by atoms with Gasteiger partial charge in [-0.05, 0) is 32.1 Å². The van der Waals surface area contributed by atoms with Gasteiger partial charge in [0.25, 0.3) is 0 Å². The van der Waals surface area contributed by atoms with Gasteiger partial charge >= 0.3 is 11.9 Å². The molecule has 0 aliphatic rings. The van der Waals surface area contributed by atoms with Crippen LogP contribution in [0.15, 0.2) is 12.2 Å². The van der Waals surface area contributed by atoms with Crippen LogP contribution >= 0.6 is 0 Å². The number of hydrogen-bond acceptors (Lipinski definition) is 4. The minimum Gasteiger partial charge on any atom is -0.544 e. The van der Waals surface area contributed by atoms with Gasteiger partial charge in [0.15, 0.2) is 12.1 Å². The Morgan fingerprint density at radius 2 is 0.881 bits per heavy atom. The number of carboxylic acids is 3. The molecule has 0 saturated carbocycles. The summed E-state index contributed by atoms with van der Waals surface area (Å²) in [6, 6.07) is -3.37. The third-order valence-corrected chi connectivity index (χ3v) is 9.03. The van der Waals surface area contributed by atoms with Crippen LogP contribution in [0.1, 0.15) is 169 Å². The Morgan fingerprint density at radius 1 is 0.548 bits per heavy atom. The Morgan fingerprint density at radius 3 is 1.19 bits per heavy atom. The summed E-state index contributed by atoms with van der Waals surface area (Å²) in [6.45, 7) is 7.50. The number of quaternary nitrogens is 1. The van der Waals surface area contributed by atoms with Gasteiger partial charge in [0, 0.05) is 19.3 Å². The molecule has 0 saturated heterocycles. The summed E-state index contributed by atoms with van der Waals surface area (Å²) < 4.78 is -0.465. The van der Waals surface area contributed by atoms with Crippen molar-refractivity contribution >= 4 is 17.9 Å². The van der Waals surface area contributed by atoms with E-state index in [0.717, 1.165) is 19.3 Å². The van der Waals surface area contributed by atoms with Crippen molar-refractivity contribution in [2.24, 2.45) is 0 Å². The molecule has 0 spiro atoms. The van der Waals surface area contributed by atoms with Crippen molar-refractivity contribution in [2.75, 3.05) is 6.54 Å². The monoisotopic (exact) mass is 595 g/mol. The topological polar surface area (TPSA) is 115 Å². The lowest BCUT2D eigenvalue weighted by atomic mass is 9.93. The highest BCUT2D eigenvalue weighted by molar-refractivity contribution is 5.77. The number of carbonyl (C=O) groups is 3. The first-order valence-corrected chi connectivity index (χ1v) is 17.4. The molecule has 0 rings (SSSR count). The number of allylic oxidation sites excluding steroid dienone is 2. The zero-order valence-electron chi connectivity index (χ0n) is 27.6. The number of hydrogen-bond donors (Lipinski definition) is 2. The minimum absolute atomic E-state index is 0.132. The van der Waals surface area contributed by atoms with Crippen molar-refractivity contribution in [2.45, 2.75) is 187 Å². The second-order valence-corrected chi connectivity index (χ2v) is 12.2. The average molecular weight is 596 g/mol. The van der Waals surface area contributed by atoms with Crippen molar-refractivity contribution in [3.8, 4) is 0 Å². The largest absolute Gasteiger partial charge is 0.544 e. The highest BCUT2D eigenvalue weighted by atomic mass is 16.4. The van der Waals surface area contributed by atoms with Crippen LogP contribution in [0.5, 0.6) is 0 Å². The fourth-order valence-corrected chi connectivity index (χ4v) is 6.79. The molecule has 0 aliphatic heterocycles. The summed E-state index contributed by atoms with van der Waals surface area (Å²) in [5.74, 6) is -3.64. The second kappa shape index (κ2) is 25.6. The van der Waals surface area contributed by atoms with E-state index in [1.54, 1.807) is 20.8 Å². The number of aliphatic carboxylic acids is 3. The molecular weight excluding hydrogens is 530 g/mol. The van der Waals surface area contributed by atoms with Gasteiger partial charge in [-0.2, -0.15) is 0 Å². The Bertz CT molecular complexity index is 682. The number of carbonyl (C=O) groups excluding carboxylic acids is 1. The van der Waals surface area contributed by atoms with Crippen LogP contribution in [0, 0.1) is 0 Å². The SMILES string of the molecule is CCC/C=C/CCCCCCCCCCCCCCCCCC[N+](C(CC)C(=O)[O-])(C(CC)C(=O)O)C(CC)C(=O)O. The van der Waals surface area contributed by atoms with Crippen molar-refractivity contribution < 1.29 is 34.2 Å². The molecule has 0 radical (unpaired) electrons. The van der Waals surface area contributed by atoms with Crippen LogP contribution in [0.25, 0.3) is 0 Å². The maximum atomic E-state index is 12.3. The molecule has 3 atom stereocenters. The van der Waals surface area contributed by atoms with Crippen LogP contribution in [0.2, 0.25) is 0 Å². The number of carboxylic acid groups (broad SMARTS) is 3. The molecule has 2 N–H and O–H groups in total. The lowest BCUT2D eigenvalue weighted by Gasteiger charge is -2.51. The predicted molar refractivity (Wildman–Crippen MR) is 170 cm³/mol. The van der Waals surface area contributed by atoms with Crippen molar-refractivity contribution in [1.29, 1.82) is 0 Å². The normalized spacial score (nSPS) is 15.3. The van der Waals surface area contributed by atoms with Crippen LogP contribution < -0.4 is 5.11 Å². The molecule has 0 aromatic rings. The Kier molecular flexibility index (Phi) is 24.4. The highest BCUT2D eigenvalue weighted by Crippen LogP contribution is 2.32. The van der Waals surface area contributed by atoms with Crippen LogP contribution in [0.3, 0.4) is 0 Å². The molecule has 0 bridgehead atoms. The van der Waals surface area contributed by atoms with Gasteiger partial charge < -0.3 is 20.1 Å². The molecule has 0 aliphatic carbocycles. The molecule has 3 unspecified atom stereocenters. The number of unbranched alkanes of at least 4 members (excludes halogenated alkanes) is 17. The van der Waals surface area contributed by atoms with E-state index in [-0.39, 0.29) is 25.8 Å². The van der Waals surface area contributed by atoms with Crippen LogP contribution in [-0.2, 0) is 14.4 Å². The van der Waals surface area contributed by atoms with Gasteiger partial charge in [-0.1, -0.05) is 130 Å². The molecule has 0 amide bonds. The Labute approximate surface area is 257 Å². The van der Waals surface area contributed by atoms with Gasteiger partial charge in [-0.25, -0.2) is 9.59 Å².